The van der Waals surface area contributed by atoms with Crippen molar-refractivity contribution in [1.82, 2.24) is 15.1 Å². The van der Waals surface area contributed by atoms with Crippen LogP contribution in [0.25, 0.3) is 0 Å². The Balaban J connectivity index is 1.89. The quantitative estimate of drug-likeness (QED) is 0.864. The van der Waals surface area contributed by atoms with E-state index >= 15 is 0 Å². The molecule has 1 atom stereocenters. The molecule has 0 spiro atoms. The van der Waals surface area contributed by atoms with Crippen LogP contribution in [0.4, 0.5) is 4.39 Å². The maximum absolute atomic E-state index is 12.8. The molecule has 0 bridgehead atoms. The summed E-state index contributed by atoms with van der Waals surface area (Å²) in [6.07, 6.45) is 2.90. The summed E-state index contributed by atoms with van der Waals surface area (Å²) < 4.78 is 14.8. The molecule has 0 fully saturated rings. The highest BCUT2D eigenvalue weighted by Gasteiger charge is 2.07. The molecular formula is C15H20FN3. The monoisotopic (exact) mass is 261 g/mol. The molecule has 0 saturated heterocycles. The minimum absolute atomic E-state index is 0.196. The Hall–Kier alpha value is -1.68. The molecule has 0 aliphatic heterocycles. The predicted molar refractivity (Wildman–Crippen MR) is 74.2 cm³/mol. The van der Waals surface area contributed by atoms with Gasteiger partial charge in [-0.05, 0) is 37.1 Å². The molecule has 102 valence electrons. The van der Waals surface area contributed by atoms with Crippen LogP contribution in [0.3, 0.4) is 0 Å². The van der Waals surface area contributed by atoms with Crippen LogP contribution in [0.2, 0.25) is 0 Å². The van der Waals surface area contributed by atoms with Crippen molar-refractivity contribution in [2.24, 2.45) is 0 Å². The van der Waals surface area contributed by atoms with E-state index in [1.165, 1.54) is 17.8 Å². The first-order valence-corrected chi connectivity index (χ1v) is 6.68. The molecule has 19 heavy (non-hydrogen) atoms. The number of halogens is 1. The van der Waals surface area contributed by atoms with Crippen molar-refractivity contribution in [3.63, 3.8) is 0 Å². The number of benzene rings is 1. The Bertz CT molecular complexity index is 504. The molecule has 1 N–H and O–H groups in total. The Morgan fingerprint density at radius 1 is 1.21 bits per heavy atom. The molecule has 0 aliphatic rings. The maximum Gasteiger partial charge on any atom is 0.123 e. The van der Waals surface area contributed by atoms with E-state index in [9.17, 15) is 4.39 Å². The van der Waals surface area contributed by atoms with Gasteiger partial charge in [0.1, 0.15) is 5.82 Å². The summed E-state index contributed by atoms with van der Waals surface area (Å²) in [6.45, 7) is 5.81. The zero-order valence-corrected chi connectivity index (χ0v) is 11.4. The predicted octanol–water partition coefficient (Wildman–Crippen LogP) is 3.28. The van der Waals surface area contributed by atoms with Crippen LogP contribution in [0.15, 0.2) is 36.5 Å². The van der Waals surface area contributed by atoms with Gasteiger partial charge in [0.05, 0.1) is 5.69 Å². The van der Waals surface area contributed by atoms with Gasteiger partial charge >= 0.3 is 0 Å². The van der Waals surface area contributed by atoms with Crippen molar-refractivity contribution < 1.29 is 4.39 Å². The van der Waals surface area contributed by atoms with Crippen molar-refractivity contribution in [3.05, 3.63) is 53.6 Å². The van der Waals surface area contributed by atoms with E-state index < -0.39 is 0 Å². The van der Waals surface area contributed by atoms with E-state index in [0.29, 0.717) is 6.04 Å². The Morgan fingerprint density at radius 3 is 2.63 bits per heavy atom. The molecule has 1 heterocycles. The highest BCUT2D eigenvalue weighted by molar-refractivity contribution is 5.15. The number of nitrogens with zero attached hydrogens (tertiary/aromatic N) is 2. The second kappa shape index (κ2) is 6.48. The second-order valence-electron chi connectivity index (χ2n) is 4.75. The lowest BCUT2D eigenvalue weighted by Gasteiger charge is -2.14. The van der Waals surface area contributed by atoms with E-state index in [4.69, 9.17) is 0 Å². The average Bonchev–Trinajstić information content (AvgIpc) is 2.88. The zero-order chi connectivity index (χ0) is 13.7. The fraction of sp³-hybridized carbons (Fsp3) is 0.400. The number of hydrogen-bond acceptors (Lipinski definition) is 2. The molecule has 1 aromatic heterocycles. The van der Waals surface area contributed by atoms with Gasteiger partial charge in [-0.15, -0.1) is 0 Å². The van der Waals surface area contributed by atoms with Crippen LogP contribution in [0.1, 0.15) is 37.6 Å². The fourth-order valence-electron chi connectivity index (χ4n) is 1.99. The normalized spacial score (nSPS) is 12.6. The molecule has 3 nitrogen and oxygen atoms in total. The minimum Gasteiger partial charge on any atom is -0.307 e. The zero-order valence-electron chi connectivity index (χ0n) is 11.4. The van der Waals surface area contributed by atoms with Gasteiger partial charge in [0.2, 0.25) is 0 Å². The van der Waals surface area contributed by atoms with Gasteiger partial charge < -0.3 is 5.32 Å². The van der Waals surface area contributed by atoms with Gasteiger partial charge in [-0.3, -0.25) is 4.68 Å². The third kappa shape index (κ3) is 3.64. The standard InChI is InChI=1S/C15H20FN3/c1-3-12(2)19-15(8-9-18-19)11-17-10-13-4-6-14(16)7-5-13/h4-9,12,17H,3,10-11H2,1-2H3. The Kier molecular flexibility index (Phi) is 4.68. The van der Waals surface area contributed by atoms with Gasteiger partial charge in [0, 0.05) is 25.3 Å². The van der Waals surface area contributed by atoms with Crippen LogP contribution < -0.4 is 5.32 Å². The Labute approximate surface area is 113 Å². The number of rotatable bonds is 6. The first-order valence-electron chi connectivity index (χ1n) is 6.68. The summed E-state index contributed by atoms with van der Waals surface area (Å²) in [5, 5.41) is 7.71. The molecule has 2 rings (SSSR count). The largest absolute Gasteiger partial charge is 0.307 e. The summed E-state index contributed by atoms with van der Waals surface area (Å²) in [4.78, 5) is 0. The molecular weight excluding hydrogens is 241 g/mol. The highest BCUT2D eigenvalue weighted by atomic mass is 19.1. The number of nitrogens with one attached hydrogen (secondary N) is 1. The molecule has 4 heteroatoms. The molecule has 1 aromatic carbocycles. The van der Waals surface area contributed by atoms with Crippen LogP contribution in [0, 0.1) is 5.82 Å². The molecule has 0 amide bonds. The average molecular weight is 261 g/mol. The van der Waals surface area contributed by atoms with Crippen molar-refractivity contribution >= 4 is 0 Å². The summed E-state index contributed by atoms with van der Waals surface area (Å²) >= 11 is 0. The molecule has 0 saturated carbocycles. The second-order valence-corrected chi connectivity index (χ2v) is 4.75. The lowest BCUT2D eigenvalue weighted by atomic mass is 10.2. The first-order chi connectivity index (χ1) is 9.20. The van der Waals surface area contributed by atoms with Gasteiger partial charge in [-0.25, -0.2) is 4.39 Å². The number of hydrogen-bond donors (Lipinski definition) is 1. The summed E-state index contributed by atoms with van der Waals surface area (Å²) in [7, 11) is 0. The van der Waals surface area contributed by atoms with E-state index in [1.807, 2.05) is 12.3 Å². The van der Waals surface area contributed by atoms with Crippen LogP contribution in [-0.4, -0.2) is 9.78 Å². The van der Waals surface area contributed by atoms with E-state index in [0.717, 1.165) is 25.1 Å². The third-order valence-corrected chi connectivity index (χ3v) is 3.31. The van der Waals surface area contributed by atoms with Gasteiger partial charge in [0.15, 0.2) is 0 Å². The topological polar surface area (TPSA) is 29.9 Å². The highest BCUT2D eigenvalue weighted by Crippen LogP contribution is 2.12. The van der Waals surface area contributed by atoms with E-state index in [1.54, 1.807) is 12.1 Å². The third-order valence-electron chi connectivity index (χ3n) is 3.31. The van der Waals surface area contributed by atoms with Gasteiger partial charge in [-0.1, -0.05) is 19.1 Å². The minimum atomic E-state index is -0.196. The summed E-state index contributed by atoms with van der Waals surface area (Å²) in [6, 6.07) is 9.02. The SMILES string of the molecule is CCC(C)n1nccc1CNCc1ccc(F)cc1. The van der Waals surface area contributed by atoms with Crippen molar-refractivity contribution in [2.75, 3.05) is 0 Å². The van der Waals surface area contributed by atoms with Crippen molar-refractivity contribution in [1.29, 1.82) is 0 Å². The van der Waals surface area contributed by atoms with E-state index in [-0.39, 0.29) is 5.82 Å². The fourth-order valence-corrected chi connectivity index (χ4v) is 1.99. The van der Waals surface area contributed by atoms with E-state index in [2.05, 4.69) is 28.9 Å². The van der Waals surface area contributed by atoms with Crippen LogP contribution in [0.5, 0.6) is 0 Å². The molecule has 0 aliphatic carbocycles. The Morgan fingerprint density at radius 2 is 1.95 bits per heavy atom. The first kappa shape index (κ1) is 13.7. The molecule has 0 radical (unpaired) electrons. The smallest absolute Gasteiger partial charge is 0.123 e. The molecule has 2 aromatic rings. The van der Waals surface area contributed by atoms with Crippen LogP contribution >= 0.6 is 0 Å². The van der Waals surface area contributed by atoms with Crippen LogP contribution in [-0.2, 0) is 13.1 Å². The summed E-state index contributed by atoms with van der Waals surface area (Å²) in [5.41, 5.74) is 2.26. The maximum atomic E-state index is 12.8. The van der Waals surface area contributed by atoms with Gasteiger partial charge in [0.25, 0.3) is 0 Å². The molecule has 1 unspecified atom stereocenters. The summed E-state index contributed by atoms with van der Waals surface area (Å²) in [5.74, 6) is -0.196. The lowest BCUT2D eigenvalue weighted by Crippen LogP contribution is -2.18. The van der Waals surface area contributed by atoms with Crippen molar-refractivity contribution in [2.45, 2.75) is 39.4 Å². The van der Waals surface area contributed by atoms with Gasteiger partial charge in [-0.2, -0.15) is 5.10 Å². The lowest BCUT2D eigenvalue weighted by molar-refractivity contribution is 0.451. The number of aromatic nitrogens is 2. The van der Waals surface area contributed by atoms with Crippen molar-refractivity contribution in [3.8, 4) is 0 Å².